The Bertz CT molecular complexity index is 517. The molecule has 0 aromatic rings. The topological polar surface area (TPSA) is 86.3 Å². The Morgan fingerprint density at radius 3 is 2.62 bits per heavy atom. The van der Waals surface area contributed by atoms with Gasteiger partial charge < -0.3 is 15.0 Å². The van der Waals surface area contributed by atoms with Crippen molar-refractivity contribution in [1.82, 2.24) is 19.8 Å². The summed E-state index contributed by atoms with van der Waals surface area (Å²) >= 11 is 0. The van der Waals surface area contributed by atoms with E-state index in [9.17, 15) is 8.42 Å². The van der Waals surface area contributed by atoms with E-state index in [1.165, 1.54) is 0 Å². The molecule has 2 fully saturated rings. The molecule has 0 aliphatic carbocycles. The SMILES string of the molecule is CN=C(NCCS(=O)(=O)NC(C)C)N1CCC(N2CCOCC2)C1. The first-order valence-electron chi connectivity index (χ1n) is 8.68. The molecule has 24 heavy (non-hydrogen) atoms. The monoisotopic (exact) mass is 361 g/mol. The van der Waals surface area contributed by atoms with E-state index in [0.717, 1.165) is 51.8 Å². The molecular weight excluding hydrogens is 330 g/mol. The summed E-state index contributed by atoms with van der Waals surface area (Å²) in [6, 6.07) is 0.445. The highest BCUT2D eigenvalue weighted by atomic mass is 32.2. The quantitative estimate of drug-likeness (QED) is 0.480. The van der Waals surface area contributed by atoms with Gasteiger partial charge in [-0.25, -0.2) is 13.1 Å². The summed E-state index contributed by atoms with van der Waals surface area (Å²) < 4.78 is 31.7. The number of sulfonamides is 1. The normalized spacial score (nSPS) is 23.9. The second kappa shape index (κ2) is 8.98. The van der Waals surface area contributed by atoms with Gasteiger partial charge in [0.05, 0.1) is 19.0 Å². The molecule has 2 rings (SSSR count). The van der Waals surface area contributed by atoms with Crippen molar-refractivity contribution in [3.63, 3.8) is 0 Å². The second-order valence-electron chi connectivity index (χ2n) is 6.60. The van der Waals surface area contributed by atoms with Crippen LogP contribution in [0.2, 0.25) is 0 Å². The summed E-state index contributed by atoms with van der Waals surface area (Å²) in [7, 11) is -1.50. The zero-order valence-electron chi connectivity index (χ0n) is 15.0. The van der Waals surface area contributed by atoms with Gasteiger partial charge in [0.1, 0.15) is 0 Å². The molecule has 9 heteroatoms. The van der Waals surface area contributed by atoms with Crippen molar-refractivity contribution in [2.24, 2.45) is 4.99 Å². The lowest BCUT2D eigenvalue weighted by molar-refractivity contribution is 0.0195. The van der Waals surface area contributed by atoms with Crippen molar-refractivity contribution >= 4 is 16.0 Å². The fraction of sp³-hybridized carbons (Fsp3) is 0.933. The van der Waals surface area contributed by atoms with Crippen molar-refractivity contribution < 1.29 is 13.2 Å². The highest BCUT2D eigenvalue weighted by molar-refractivity contribution is 7.89. The molecule has 2 aliphatic rings. The standard InChI is InChI=1S/C15H31N5O3S/c1-13(2)18-24(21,22)11-5-17-15(16-3)20-6-4-14(12-20)19-7-9-23-10-8-19/h13-14,18H,4-12H2,1-3H3,(H,16,17). The second-order valence-corrected chi connectivity index (χ2v) is 8.48. The minimum Gasteiger partial charge on any atom is -0.379 e. The first-order valence-corrected chi connectivity index (χ1v) is 10.3. The van der Waals surface area contributed by atoms with Crippen molar-refractivity contribution in [2.75, 3.05) is 58.7 Å². The number of guanidine groups is 1. The molecule has 2 heterocycles. The van der Waals surface area contributed by atoms with Gasteiger partial charge in [-0.2, -0.15) is 0 Å². The van der Waals surface area contributed by atoms with E-state index in [4.69, 9.17) is 4.74 Å². The van der Waals surface area contributed by atoms with Crippen molar-refractivity contribution in [3.8, 4) is 0 Å². The van der Waals surface area contributed by atoms with Gasteiger partial charge in [-0.1, -0.05) is 0 Å². The minimum absolute atomic E-state index is 0.0466. The molecule has 0 bridgehead atoms. The van der Waals surface area contributed by atoms with E-state index in [1.54, 1.807) is 7.05 Å². The van der Waals surface area contributed by atoms with E-state index in [2.05, 4.69) is 24.8 Å². The molecule has 1 atom stereocenters. The molecule has 140 valence electrons. The van der Waals surface area contributed by atoms with E-state index < -0.39 is 10.0 Å². The Kier molecular flexibility index (Phi) is 7.27. The number of aliphatic imine (C=N–C) groups is 1. The molecule has 0 aromatic carbocycles. The summed E-state index contributed by atoms with van der Waals surface area (Å²) in [6.45, 7) is 9.46. The van der Waals surface area contributed by atoms with Gasteiger partial charge in [0.15, 0.2) is 5.96 Å². The zero-order chi connectivity index (χ0) is 17.6. The fourth-order valence-electron chi connectivity index (χ4n) is 3.22. The molecule has 2 saturated heterocycles. The lowest BCUT2D eigenvalue weighted by atomic mass is 10.2. The van der Waals surface area contributed by atoms with Crippen LogP contribution in [0.5, 0.6) is 0 Å². The van der Waals surface area contributed by atoms with E-state index in [0.29, 0.717) is 12.6 Å². The molecule has 0 amide bonds. The Morgan fingerprint density at radius 2 is 2.00 bits per heavy atom. The molecule has 1 unspecified atom stereocenters. The average Bonchev–Trinajstić information content (AvgIpc) is 3.01. The maximum Gasteiger partial charge on any atom is 0.213 e. The number of morpholine rings is 1. The number of nitrogens with one attached hydrogen (secondary N) is 2. The van der Waals surface area contributed by atoms with Crippen molar-refractivity contribution in [3.05, 3.63) is 0 Å². The number of likely N-dealkylation sites (tertiary alicyclic amines) is 1. The van der Waals surface area contributed by atoms with E-state index >= 15 is 0 Å². The predicted molar refractivity (Wildman–Crippen MR) is 95.8 cm³/mol. The predicted octanol–water partition coefficient (Wildman–Crippen LogP) is -0.704. The van der Waals surface area contributed by atoms with Gasteiger partial charge in [0.2, 0.25) is 10.0 Å². The van der Waals surface area contributed by atoms with Crippen LogP contribution in [0.4, 0.5) is 0 Å². The number of rotatable bonds is 6. The Morgan fingerprint density at radius 1 is 1.29 bits per heavy atom. The Labute approximate surface area is 145 Å². The van der Waals surface area contributed by atoms with Crippen LogP contribution in [0.1, 0.15) is 20.3 Å². The number of ether oxygens (including phenoxy) is 1. The highest BCUT2D eigenvalue weighted by Crippen LogP contribution is 2.16. The first kappa shape index (κ1) is 19.4. The third-order valence-corrected chi connectivity index (χ3v) is 5.88. The molecule has 0 aromatic heterocycles. The zero-order valence-corrected chi connectivity index (χ0v) is 15.8. The fourth-order valence-corrected chi connectivity index (χ4v) is 4.43. The van der Waals surface area contributed by atoms with Crippen LogP contribution in [0.15, 0.2) is 4.99 Å². The summed E-state index contributed by atoms with van der Waals surface area (Å²) in [5.41, 5.74) is 0. The summed E-state index contributed by atoms with van der Waals surface area (Å²) in [5.74, 6) is 0.829. The number of hydrogen-bond donors (Lipinski definition) is 2. The maximum atomic E-state index is 11.9. The van der Waals surface area contributed by atoms with Gasteiger partial charge in [-0.05, 0) is 20.3 Å². The summed E-state index contributed by atoms with van der Waals surface area (Å²) in [6.07, 6.45) is 1.11. The lowest BCUT2D eigenvalue weighted by Gasteiger charge is -2.32. The van der Waals surface area contributed by atoms with E-state index in [1.807, 2.05) is 13.8 Å². The van der Waals surface area contributed by atoms with Crippen LogP contribution in [0.3, 0.4) is 0 Å². The smallest absolute Gasteiger partial charge is 0.213 e. The Balaban J connectivity index is 1.78. The maximum absolute atomic E-state index is 11.9. The summed E-state index contributed by atoms with van der Waals surface area (Å²) in [4.78, 5) is 8.99. The van der Waals surface area contributed by atoms with Crippen LogP contribution in [-0.2, 0) is 14.8 Å². The van der Waals surface area contributed by atoms with Crippen molar-refractivity contribution in [2.45, 2.75) is 32.4 Å². The third-order valence-electron chi connectivity index (χ3n) is 4.31. The number of nitrogens with zero attached hydrogens (tertiary/aromatic N) is 3. The van der Waals surface area contributed by atoms with E-state index in [-0.39, 0.29) is 11.8 Å². The molecule has 8 nitrogen and oxygen atoms in total. The van der Waals surface area contributed by atoms with Gasteiger partial charge in [-0.15, -0.1) is 0 Å². The molecule has 2 N–H and O–H groups in total. The van der Waals surface area contributed by atoms with Gasteiger partial charge >= 0.3 is 0 Å². The molecule has 0 spiro atoms. The highest BCUT2D eigenvalue weighted by Gasteiger charge is 2.30. The Hall–Kier alpha value is -0.900. The van der Waals surface area contributed by atoms with Gasteiger partial charge in [0.25, 0.3) is 0 Å². The molecular formula is C15H31N5O3S. The number of hydrogen-bond acceptors (Lipinski definition) is 5. The van der Waals surface area contributed by atoms with Gasteiger partial charge in [0, 0.05) is 51.9 Å². The first-order chi connectivity index (χ1) is 11.4. The van der Waals surface area contributed by atoms with Crippen LogP contribution in [0, 0.1) is 0 Å². The molecule has 0 saturated carbocycles. The van der Waals surface area contributed by atoms with Crippen LogP contribution in [-0.4, -0.2) is 95.0 Å². The van der Waals surface area contributed by atoms with Crippen LogP contribution < -0.4 is 10.0 Å². The molecule has 0 radical (unpaired) electrons. The van der Waals surface area contributed by atoms with Crippen molar-refractivity contribution in [1.29, 1.82) is 0 Å². The van der Waals surface area contributed by atoms with Gasteiger partial charge in [-0.3, -0.25) is 9.89 Å². The lowest BCUT2D eigenvalue weighted by Crippen LogP contribution is -2.47. The average molecular weight is 362 g/mol. The summed E-state index contributed by atoms with van der Waals surface area (Å²) in [5, 5.41) is 3.18. The van der Waals surface area contributed by atoms with Crippen LogP contribution >= 0.6 is 0 Å². The molecule has 2 aliphatic heterocycles. The van der Waals surface area contributed by atoms with Crippen LogP contribution in [0.25, 0.3) is 0 Å². The minimum atomic E-state index is -3.24. The third kappa shape index (κ3) is 5.87. The largest absolute Gasteiger partial charge is 0.379 e.